The first-order valence-electron chi connectivity index (χ1n) is 7.99. The normalized spacial score (nSPS) is 10.6. The Balaban J connectivity index is 1.49. The lowest BCUT2D eigenvalue weighted by Crippen LogP contribution is -2.07. The van der Waals surface area contributed by atoms with Gasteiger partial charge >= 0.3 is 5.97 Å². The predicted octanol–water partition coefficient (Wildman–Crippen LogP) is 3.87. The zero-order valence-electron chi connectivity index (χ0n) is 13.8. The third-order valence-electron chi connectivity index (χ3n) is 3.44. The summed E-state index contributed by atoms with van der Waals surface area (Å²) in [6, 6.07) is 11.5. The molecule has 0 fully saturated rings. The van der Waals surface area contributed by atoms with E-state index in [0.717, 1.165) is 16.2 Å². The number of thiophene rings is 1. The second-order valence-electron chi connectivity index (χ2n) is 5.19. The molecule has 3 aromatic rings. The van der Waals surface area contributed by atoms with Crippen molar-refractivity contribution in [3.8, 4) is 16.5 Å². The number of benzene rings is 1. The summed E-state index contributed by atoms with van der Waals surface area (Å²) in [5.74, 6) is 1.27. The molecule has 0 bridgehead atoms. The predicted molar refractivity (Wildman–Crippen MR) is 93.3 cm³/mol. The summed E-state index contributed by atoms with van der Waals surface area (Å²) in [5, 5.41) is 5.81. The number of para-hydroxylation sites is 1. The van der Waals surface area contributed by atoms with E-state index in [1.807, 2.05) is 48.7 Å². The quantitative estimate of drug-likeness (QED) is 0.569. The Kier molecular flexibility index (Phi) is 5.79. The molecule has 0 aliphatic heterocycles. The molecule has 0 atom stereocenters. The number of carbonyl (C=O) groups is 1. The Hall–Kier alpha value is -2.67. The van der Waals surface area contributed by atoms with Crippen LogP contribution in [0.2, 0.25) is 0 Å². The van der Waals surface area contributed by atoms with Crippen LogP contribution in [0.25, 0.3) is 10.7 Å². The van der Waals surface area contributed by atoms with Crippen LogP contribution < -0.4 is 4.74 Å². The van der Waals surface area contributed by atoms with Crippen molar-refractivity contribution in [2.24, 2.45) is 0 Å². The van der Waals surface area contributed by atoms with Gasteiger partial charge in [0.2, 0.25) is 5.82 Å². The van der Waals surface area contributed by atoms with E-state index in [2.05, 4.69) is 10.1 Å². The minimum atomic E-state index is -0.317. The van der Waals surface area contributed by atoms with Crippen molar-refractivity contribution >= 4 is 17.3 Å². The summed E-state index contributed by atoms with van der Waals surface area (Å²) in [7, 11) is 0. The molecule has 0 radical (unpaired) electrons. The molecule has 0 amide bonds. The van der Waals surface area contributed by atoms with Crippen LogP contribution in [-0.2, 0) is 22.6 Å². The molecule has 0 unspecified atom stereocenters. The van der Waals surface area contributed by atoms with Crippen molar-refractivity contribution in [3.63, 3.8) is 0 Å². The average Bonchev–Trinajstić information content (AvgIpc) is 3.31. The lowest BCUT2D eigenvalue weighted by Gasteiger charge is -2.09. The second-order valence-corrected chi connectivity index (χ2v) is 6.14. The molecule has 1 aromatic carbocycles. The van der Waals surface area contributed by atoms with Gasteiger partial charge in [0.15, 0.2) is 6.61 Å². The van der Waals surface area contributed by atoms with Crippen LogP contribution in [0.3, 0.4) is 0 Å². The first-order valence-corrected chi connectivity index (χ1v) is 8.87. The molecular weight excluding hydrogens is 340 g/mol. The number of aryl methyl sites for hydroxylation is 1. The number of ether oxygens (including phenoxy) is 2. The van der Waals surface area contributed by atoms with Gasteiger partial charge in [-0.3, -0.25) is 4.79 Å². The number of hydrogen-bond acceptors (Lipinski definition) is 7. The van der Waals surface area contributed by atoms with Gasteiger partial charge in [-0.15, -0.1) is 11.3 Å². The fraction of sp³-hybridized carbons (Fsp3) is 0.278. The Morgan fingerprint density at radius 3 is 2.92 bits per heavy atom. The van der Waals surface area contributed by atoms with Crippen molar-refractivity contribution in [1.29, 1.82) is 0 Å². The molecule has 0 aliphatic carbocycles. The smallest absolute Gasteiger partial charge is 0.306 e. The molecule has 0 saturated carbocycles. The van der Waals surface area contributed by atoms with Crippen LogP contribution in [0.4, 0.5) is 0 Å². The van der Waals surface area contributed by atoms with Crippen LogP contribution in [0.15, 0.2) is 46.3 Å². The largest absolute Gasteiger partial charge is 0.494 e. The van der Waals surface area contributed by atoms with E-state index in [0.29, 0.717) is 18.9 Å². The van der Waals surface area contributed by atoms with Gasteiger partial charge in [-0.2, -0.15) is 4.98 Å². The molecule has 2 heterocycles. The molecule has 0 N–H and O–H groups in total. The van der Waals surface area contributed by atoms with Gasteiger partial charge < -0.3 is 14.0 Å². The van der Waals surface area contributed by atoms with E-state index in [9.17, 15) is 4.79 Å². The highest BCUT2D eigenvalue weighted by Crippen LogP contribution is 2.22. The molecule has 130 valence electrons. The van der Waals surface area contributed by atoms with E-state index in [4.69, 9.17) is 14.0 Å². The SMILES string of the molecule is CCOc1ccccc1CCC(=O)OCc1nc(-c2cccs2)no1. The highest BCUT2D eigenvalue weighted by Gasteiger charge is 2.12. The first-order chi connectivity index (χ1) is 12.3. The molecular formula is C18H18N2O4S. The molecule has 6 nitrogen and oxygen atoms in total. The van der Waals surface area contributed by atoms with Crippen molar-refractivity contribution in [2.75, 3.05) is 6.61 Å². The van der Waals surface area contributed by atoms with Crippen LogP contribution in [0.1, 0.15) is 24.8 Å². The monoisotopic (exact) mass is 358 g/mol. The van der Waals surface area contributed by atoms with Gasteiger partial charge in [0.05, 0.1) is 11.5 Å². The van der Waals surface area contributed by atoms with Crippen molar-refractivity contribution in [2.45, 2.75) is 26.4 Å². The van der Waals surface area contributed by atoms with E-state index in [-0.39, 0.29) is 24.9 Å². The molecule has 7 heteroatoms. The van der Waals surface area contributed by atoms with Crippen molar-refractivity contribution < 1.29 is 18.8 Å². The van der Waals surface area contributed by atoms with E-state index in [1.165, 1.54) is 11.3 Å². The van der Waals surface area contributed by atoms with E-state index in [1.54, 1.807) is 0 Å². The third kappa shape index (κ3) is 4.67. The maximum Gasteiger partial charge on any atom is 0.306 e. The average molecular weight is 358 g/mol. The standard InChI is InChI=1S/C18H18N2O4S/c1-2-22-14-7-4-3-6-13(14)9-10-17(21)23-12-16-19-18(20-24-16)15-8-5-11-25-15/h3-8,11H,2,9-10,12H2,1H3. The summed E-state index contributed by atoms with van der Waals surface area (Å²) in [5.41, 5.74) is 0.985. The molecule has 2 aromatic heterocycles. The first kappa shape index (κ1) is 17.2. The topological polar surface area (TPSA) is 74.5 Å². The van der Waals surface area contributed by atoms with Gasteiger partial charge in [-0.25, -0.2) is 0 Å². The van der Waals surface area contributed by atoms with Crippen LogP contribution >= 0.6 is 11.3 Å². The zero-order valence-corrected chi connectivity index (χ0v) is 14.6. The summed E-state index contributed by atoms with van der Waals surface area (Å²) in [6.45, 7) is 2.50. The number of rotatable bonds is 8. The van der Waals surface area contributed by atoms with Gasteiger partial charge in [0, 0.05) is 6.42 Å². The number of hydrogen-bond donors (Lipinski definition) is 0. The van der Waals surface area contributed by atoms with Crippen LogP contribution in [-0.4, -0.2) is 22.7 Å². The Morgan fingerprint density at radius 2 is 2.12 bits per heavy atom. The fourth-order valence-electron chi connectivity index (χ4n) is 2.28. The van der Waals surface area contributed by atoms with Crippen LogP contribution in [0, 0.1) is 0 Å². The minimum absolute atomic E-state index is 0.0235. The van der Waals surface area contributed by atoms with Gasteiger partial charge in [0.25, 0.3) is 5.89 Å². The summed E-state index contributed by atoms with van der Waals surface area (Å²) < 4.78 is 15.9. The highest BCUT2D eigenvalue weighted by atomic mass is 32.1. The van der Waals surface area contributed by atoms with Crippen LogP contribution in [0.5, 0.6) is 5.75 Å². The third-order valence-corrected chi connectivity index (χ3v) is 4.30. The Bertz CT molecular complexity index is 814. The Morgan fingerprint density at radius 1 is 1.24 bits per heavy atom. The maximum atomic E-state index is 11.9. The highest BCUT2D eigenvalue weighted by molar-refractivity contribution is 7.13. The Labute approximate surface area is 149 Å². The van der Waals surface area contributed by atoms with Gasteiger partial charge in [-0.05, 0) is 36.4 Å². The molecule has 0 saturated heterocycles. The minimum Gasteiger partial charge on any atom is -0.494 e. The maximum absolute atomic E-state index is 11.9. The molecule has 3 rings (SSSR count). The van der Waals surface area contributed by atoms with Gasteiger partial charge in [-0.1, -0.05) is 29.4 Å². The molecule has 0 spiro atoms. The van der Waals surface area contributed by atoms with E-state index >= 15 is 0 Å². The lowest BCUT2D eigenvalue weighted by molar-refractivity contribution is -0.145. The molecule has 0 aliphatic rings. The molecule has 25 heavy (non-hydrogen) atoms. The fourth-order valence-corrected chi connectivity index (χ4v) is 2.93. The number of nitrogens with zero attached hydrogens (tertiary/aromatic N) is 2. The zero-order chi connectivity index (χ0) is 17.5. The summed E-state index contributed by atoms with van der Waals surface area (Å²) >= 11 is 1.52. The second kappa shape index (κ2) is 8.43. The summed E-state index contributed by atoms with van der Waals surface area (Å²) in [6.07, 6.45) is 0.815. The lowest BCUT2D eigenvalue weighted by atomic mass is 10.1. The number of aromatic nitrogens is 2. The number of carbonyl (C=O) groups excluding carboxylic acids is 1. The van der Waals surface area contributed by atoms with Gasteiger partial charge in [0.1, 0.15) is 5.75 Å². The van der Waals surface area contributed by atoms with Crippen molar-refractivity contribution in [3.05, 3.63) is 53.2 Å². The number of esters is 1. The van der Waals surface area contributed by atoms with E-state index < -0.39 is 0 Å². The summed E-state index contributed by atoms with van der Waals surface area (Å²) in [4.78, 5) is 17.1. The van der Waals surface area contributed by atoms with Crippen molar-refractivity contribution in [1.82, 2.24) is 10.1 Å².